The zero-order valence-corrected chi connectivity index (χ0v) is 13.6. The van der Waals surface area contributed by atoms with E-state index < -0.39 is 0 Å². The van der Waals surface area contributed by atoms with Crippen LogP contribution in [0.5, 0.6) is 0 Å². The number of nitrogen functional groups attached to an aromatic ring is 1. The zero-order chi connectivity index (χ0) is 16.8. The summed E-state index contributed by atoms with van der Waals surface area (Å²) in [6, 6.07) is 27.8. The van der Waals surface area contributed by atoms with Crippen LogP contribution in [0.25, 0.3) is 0 Å². The van der Waals surface area contributed by atoms with Crippen molar-refractivity contribution < 1.29 is 0 Å². The minimum atomic E-state index is 0.720. The summed E-state index contributed by atoms with van der Waals surface area (Å²) in [6.45, 7) is 1.94. The van der Waals surface area contributed by atoms with Gasteiger partial charge in [0, 0.05) is 16.8 Å². The van der Waals surface area contributed by atoms with Crippen LogP contribution in [0, 0.1) is 0 Å². The van der Waals surface area contributed by atoms with Crippen LogP contribution in [0.3, 0.4) is 0 Å². The molecule has 2 N–H and O–H groups in total. The maximum atomic E-state index is 5.84. The van der Waals surface area contributed by atoms with Gasteiger partial charge in [-0.25, -0.2) is 0 Å². The lowest BCUT2D eigenvalue weighted by atomic mass is 10.0. The van der Waals surface area contributed by atoms with Crippen molar-refractivity contribution in [2.75, 3.05) is 5.73 Å². The predicted molar refractivity (Wildman–Crippen MR) is 102 cm³/mol. The molecule has 3 aromatic rings. The van der Waals surface area contributed by atoms with Crippen molar-refractivity contribution in [1.82, 2.24) is 0 Å². The van der Waals surface area contributed by atoms with E-state index in [1.165, 1.54) is 0 Å². The molecule has 0 radical (unpaired) electrons. The Kier molecular flexibility index (Phi) is 4.82. The Morgan fingerprint density at radius 2 is 1.21 bits per heavy atom. The second-order valence-corrected chi connectivity index (χ2v) is 5.49. The SMILES string of the molecule is CC(=NN=C(c1ccccc1)c1ccccc1)c1cccc(N)c1. The first-order valence-electron chi connectivity index (χ1n) is 7.83. The Morgan fingerprint density at radius 3 is 1.75 bits per heavy atom. The Balaban J connectivity index is 2.03. The fraction of sp³-hybridized carbons (Fsp3) is 0.0476. The summed E-state index contributed by atoms with van der Waals surface area (Å²) in [5.74, 6) is 0. The lowest BCUT2D eigenvalue weighted by Crippen LogP contribution is -2.03. The van der Waals surface area contributed by atoms with E-state index in [-0.39, 0.29) is 0 Å². The van der Waals surface area contributed by atoms with E-state index in [2.05, 4.69) is 10.2 Å². The van der Waals surface area contributed by atoms with Crippen LogP contribution < -0.4 is 5.73 Å². The molecule has 0 saturated carbocycles. The van der Waals surface area contributed by atoms with Gasteiger partial charge in [0.2, 0.25) is 0 Å². The molecule has 3 heteroatoms. The highest BCUT2D eigenvalue weighted by Gasteiger charge is 2.06. The molecule has 24 heavy (non-hydrogen) atoms. The van der Waals surface area contributed by atoms with Crippen molar-refractivity contribution in [3.05, 3.63) is 102 Å². The summed E-state index contributed by atoms with van der Waals surface area (Å²) >= 11 is 0. The lowest BCUT2D eigenvalue weighted by Gasteiger charge is -2.06. The third kappa shape index (κ3) is 3.76. The number of hydrogen-bond acceptors (Lipinski definition) is 3. The molecule has 0 bridgehead atoms. The summed E-state index contributed by atoms with van der Waals surface area (Å²) in [7, 11) is 0. The van der Waals surface area contributed by atoms with E-state index in [1.807, 2.05) is 91.9 Å². The van der Waals surface area contributed by atoms with Crippen molar-refractivity contribution in [3.63, 3.8) is 0 Å². The highest BCUT2D eigenvalue weighted by atomic mass is 15.2. The molecular formula is C21H19N3. The fourth-order valence-corrected chi connectivity index (χ4v) is 2.42. The van der Waals surface area contributed by atoms with Gasteiger partial charge in [0.05, 0.1) is 5.71 Å². The minimum Gasteiger partial charge on any atom is -0.399 e. The Labute approximate surface area is 142 Å². The third-order valence-electron chi connectivity index (χ3n) is 3.70. The van der Waals surface area contributed by atoms with E-state index >= 15 is 0 Å². The minimum absolute atomic E-state index is 0.720. The Hall–Kier alpha value is -3.20. The molecule has 0 saturated heterocycles. The molecule has 3 aromatic carbocycles. The van der Waals surface area contributed by atoms with Crippen molar-refractivity contribution in [2.24, 2.45) is 10.2 Å². The monoisotopic (exact) mass is 313 g/mol. The van der Waals surface area contributed by atoms with Crippen LogP contribution in [-0.2, 0) is 0 Å². The molecule has 3 rings (SSSR count). The van der Waals surface area contributed by atoms with Crippen molar-refractivity contribution in [3.8, 4) is 0 Å². The summed E-state index contributed by atoms with van der Waals surface area (Å²) in [5.41, 5.74) is 11.3. The maximum absolute atomic E-state index is 5.84. The topological polar surface area (TPSA) is 50.7 Å². The van der Waals surface area contributed by atoms with E-state index in [1.54, 1.807) is 0 Å². The summed E-state index contributed by atoms with van der Waals surface area (Å²) in [6.07, 6.45) is 0. The van der Waals surface area contributed by atoms with Gasteiger partial charge in [0.15, 0.2) is 0 Å². The second-order valence-electron chi connectivity index (χ2n) is 5.49. The summed E-state index contributed by atoms with van der Waals surface area (Å²) < 4.78 is 0. The predicted octanol–water partition coefficient (Wildman–Crippen LogP) is 4.53. The highest BCUT2D eigenvalue weighted by molar-refractivity contribution is 6.13. The van der Waals surface area contributed by atoms with Gasteiger partial charge in [-0.15, -0.1) is 5.10 Å². The van der Waals surface area contributed by atoms with Gasteiger partial charge in [-0.2, -0.15) is 5.10 Å². The lowest BCUT2D eigenvalue weighted by molar-refractivity contribution is 1.22. The summed E-state index contributed by atoms with van der Waals surface area (Å²) in [4.78, 5) is 0. The molecule has 0 spiro atoms. The molecule has 0 aliphatic carbocycles. The molecule has 0 atom stereocenters. The summed E-state index contributed by atoms with van der Waals surface area (Å²) in [5, 5.41) is 8.97. The standard InChI is InChI=1S/C21H19N3/c1-16(19-13-8-14-20(22)15-19)23-24-21(17-9-4-2-5-10-17)18-11-6-3-7-12-18/h2-15H,22H2,1H3. The van der Waals surface area contributed by atoms with Crippen LogP contribution in [0.2, 0.25) is 0 Å². The van der Waals surface area contributed by atoms with Crippen LogP contribution in [0.1, 0.15) is 23.6 Å². The molecular weight excluding hydrogens is 294 g/mol. The average Bonchev–Trinajstić information content (AvgIpc) is 2.63. The molecule has 0 aliphatic rings. The Morgan fingerprint density at radius 1 is 0.667 bits per heavy atom. The van der Waals surface area contributed by atoms with Crippen LogP contribution in [0.15, 0.2) is 95.1 Å². The number of hydrogen-bond donors (Lipinski definition) is 1. The van der Waals surface area contributed by atoms with Gasteiger partial charge in [-0.1, -0.05) is 72.8 Å². The smallest absolute Gasteiger partial charge is 0.100 e. The molecule has 0 unspecified atom stereocenters. The van der Waals surface area contributed by atoms with Crippen molar-refractivity contribution in [2.45, 2.75) is 6.92 Å². The third-order valence-corrected chi connectivity index (χ3v) is 3.70. The first kappa shape index (κ1) is 15.7. The van der Waals surface area contributed by atoms with E-state index in [4.69, 9.17) is 5.73 Å². The second kappa shape index (κ2) is 7.38. The number of nitrogens with two attached hydrogens (primary N) is 1. The first-order valence-corrected chi connectivity index (χ1v) is 7.83. The van der Waals surface area contributed by atoms with Gasteiger partial charge >= 0.3 is 0 Å². The van der Waals surface area contributed by atoms with E-state index in [9.17, 15) is 0 Å². The molecule has 0 aliphatic heterocycles. The molecule has 118 valence electrons. The molecule has 0 aromatic heterocycles. The number of benzene rings is 3. The zero-order valence-electron chi connectivity index (χ0n) is 13.6. The molecule has 0 heterocycles. The van der Waals surface area contributed by atoms with E-state index in [0.29, 0.717) is 0 Å². The molecule has 3 nitrogen and oxygen atoms in total. The van der Waals surface area contributed by atoms with Crippen molar-refractivity contribution in [1.29, 1.82) is 0 Å². The molecule has 0 fully saturated rings. The average molecular weight is 313 g/mol. The van der Waals surface area contributed by atoms with Gasteiger partial charge in [0.1, 0.15) is 5.71 Å². The normalized spacial score (nSPS) is 11.1. The first-order chi connectivity index (χ1) is 11.7. The maximum Gasteiger partial charge on any atom is 0.100 e. The quantitative estimate of drug-likeness (QED) is 0.429. The van der Waals surface area contributed by atoms with Gasteiger partial charge in [-0.3, -0.25) is 0 Å². The van der Waals surface area contributed by atoms with E-state index in [0.717, 1.165) is 33.8 Å². The molecule has 0 amide bonds. The van der Waals surface area contributed by atoms with Gasteiger partial charge < -0.3 is 5.73 Å². The van der Waals surface area contributed by atoms with Gasteiger partial charge in [0.25, 0.3) is 0 Å². The van der Waals surface area contributed by atoms with Crippen molar-refractivity contribution >= 4 is 17.1 Å². The fourth-order valence-electron chi connectivity index (χ4n) is 2.42. The number of anilines is 1. The van der Waals surface area contributed by atoms with Crippen LogP contribution in [0.4, 0.5) is 5.69 Å². The number of rotatable bonds is 4. The Bertz CT molecular complexity index is 824. The largest absolute Gasteiger partial charge is 0.399 e. The highest BCUT2D eigenvalue weighted by Crippen LogP contribution is 2.12. The van der Waals surface area contributed by atoms with Crippen LogP contribution in [-0.4, -0.2) is 11.4 Å². The number of nitrogens with zero attached hydrogens (tertiary/aromatic N) is 2. The van der Waals surface area contributed by atoms with Crippen LogP contribution >= 0.6 is 0 Å². The van der Waals surface area contributed by atoms with Gasteiger partial charge in [-0.05, 0) is 24.6 Å².